The molecule has 0 saturated heterocycles. The molecule has 0 radical (unpaired) electrons. The summed E-state index contributed by atoms with van der Waals surface area (Å²) in [5.74, 6) is 0. The molecule has 26 heavy (non-hydrogen) atoms. The average molecular weight is 341 g/mol. The summed E-state index contributed by atoms with van der Waals surface area (Å²) in [6.07, 6.45) is 5.40. The number of aliphatic imine (C=N–C) groups is 2. The molecule has 0 aliphatic carbocycles. The zero-order valence-corrected chi connectivity index (χ0v) is 14.8. The van der Waals surface area contributed by atoms with Crippen molar-refractivity contribution < 1.29 is 0 Å². The van der Waals surface area contributed by atoms with Gasteiger partial charge in [-0.2, -0.15) is 0 Å². The maximum absolute atomic E-state index is 4.68. The fourth-order valence-electron chi connectivity index (χ4n) is 2.58. The minimum absolute atomic E-state index is 0.715. The molecule has 0 aliphatic heterocycles. The van der Waals surface area contributed by atoms with Gasteiger partial charge in [0.05, 0.1) is 13.1 Å². The van der Waals surface area contributed by atoms with E-state index < -0.39 is 0 Å². The Bertz CT molecular complexity index is 771. The fraction of sp³-hybridized carbons (Fsp3) is 0.174. The van der Waals surface area contributed by atoms with Crippen LogP contribution in [0.2, 0.25) is 0 Å². The normalized spacial score (nSPS) is 11.4. The first-order chi connectivity index (χ1) is 12.9. The molecule has 0 bridgehead atoms. The fourth-order valence-corrected chi connectivity index (χ4v) is 2.58. The van der Waals surface area contributed by atoms with Gasteiger partial charge in [-0.15, -0.1) is 0 Å². The van der Waals surface area contributed by atoms with Gasteiger partial charge in [-0.1, -0.05) is 66.7 Å². The lowest BCUT2D eigenvalue weighted by Gasteiger charge is -2.00. The molecule has 1 aromatic heterocycles. The van der Waals surface area contributed by atoms with Crippen LogP contribution in [0.4, 0.5) is 0 Å². The molecule has 3 heteroatoms. The quantitative estimate of drug-likeness (QED) is 0.547. The molecule has 0 aliphatic rings. The van der Waals surface area contributed by atoms with Crippen LogP contribution in [0.1, 0.15) is 22.5 Å². The minimum atomic E-state index is 0.715. The van der Waals surface area contributed by atoms with Crippen LogP contribution in [0.5, 0.6) is 0 Å². The number of rotatable bonds is 8. The largest absolute Gasteiger partial charge is 0.292 e. The van der Waals surface area contributed by atoms with Gasteiger partial charge in [0.25, 0.3) is 0 Å². The molecule has 0 spiro atoms. The molecule has 0 N–H and O–H groups in total. The van der Waals surface area contributed by atoms with Crippen molar-refractivity contribution in [1.82, 2.24) is 4.98 Å². The highest BCUT2D eigenvalue weighted by Gasteiger charge is 1.96. The SMILES string of the molecule is C(Cc1cccc(CC=NCc2ccccc2)n1)=NCc1ccccc1. The van der Waals surface area contributed by atoms with Crippen molar-refractivity contribution in [3.63, 3.8) is 0 Å². The van der Waals surface area contributed by atoms with Crippen molar-refractivity contribution in [2.75, 3.05) is 0 Å². The predicted molar refractivity (Wildman–Crippen MR) is 109 cm³/mol. The molecule has 0 atom stereocenters. The number of aromatic nitrogens is 1. The second-order valence-corrected chi connectivity index (χ2v) is 6.05. The standard InChI is InChI=1S/C23H23N3/c1-3-8-20(9-4-1)18-24-16-14-22-12-7-13-23(26-22)15-17-25-19-21-10-5-2-6-11-21/h1-13,16-17H,14-15,18-19H2. The third kappa shape index (κ3) is 6.10. The van der Waals surface area contributed by atoms with Crippen LogP contribution in [-0.4, -0.2) is 17.4 Å². The number of nitrogens with zero attached hydrogens (tertiary/aromatic N) is 3. The zero-order valence-electron chi connectivity index (χ0n) is 14.8. The summed E-state index contributed by atoms with van der Waals surface area (Å²) in [5.41, 5.74) is 4.52. The van der Waals surface area contributed by atoms with Crippen LogP contribution in [0, 0.1) is 0 Å². The summed E-state index contributed by atoms with van der Waals surface area (Å²) in [7, 11) is 0. The number of pyridine rings is 1. The Balaban J connectivity index is 1.47. The predicted octanol–water partition coefficient (Wildman–Crippen LogP) is 4.71. The maximum Gasteiger partial charge on any atom is 0.0635 e. The van der Waals surface area contributed by atoms with E-state index in [4.69, 9.17) is 0 Å². The molecule has 0 unspecified atom stereocenters. The Hall–Kier alpha value is -3.07. The van der Waals surface area contributed by atoms with E-state index in [2.05, 4.69) is 39.2 Å². The lowest BCUT2D eigenvalue weighted by molar-refractivity contribution is 1.03. The summed E-state index contributed by atoms with van der Waals surface area (Å²) >= 11 is 0. The first-order valence-corrected chi connectivity index (χ1v) is 8.89. The van der Waals surface area contributed by atoms with Gasteiger partial charge in [0.15, 0.2) is 0 Å². The van der Waals surface area contributed by atoms with Gasteiger partial charge in [0, 0.05) is 36.7 Å². The molecule has 3 nitrogen and oxygen atoms in total. The summed E-state index contributed by atoms with van der Waals surface area (Å²) in [5, 5.41) is 0. The van der Waals surface area contributed by atoms with Crippen molar-refractivity contribution in [3.05, 3.63) is 101 Å². The highest BCUT2D eigenvalue weighted by atomic mass is 14.7. The van der Waals surface area contributed by atoms with Crippen LogP contribution in [0.3, 0.4) is 0 Å². The van der Waals surface area contributed by atoms with Crippen molar-refractivity contribution in [2.45, 2.75) is 25.9 Å². The zero-order chi connectivity index (χ0) is 17.9. The smallest absolute Gasteiger partial charge is 0.0635 e. The van der Waals surface area contributed by atoms with E-state index >= 15 is 0 Å². The van der Waals surface area contributed by atoms with E-state index in [9.17, 15) is 0 Å². The summed E-state index contributed by atoms with van der Waals surface area (Å²) in [6.45, 7) is 1.43. The van der Waals surface area contributed by atoms with Gasteiger partial charge >= 0.3 is 0 Å². The average Bonchev–Trinajstić information content (AvgIpc) is 2.71. The minimum Gasteiger partial charge on any atom is -0.292 e. The van der Waals surface area contributed by atoms with Gasteiger partial charge < -0.3 is 0 Å². The molecule has 0 saturated carbocycles. The molecule has 3 aromatic rings. The Morgan fingerprint density at radius 1 is 0.577 bits per heavy atom. The van der Waals surface area contributed by atoms with Crippen LogP contribution in [-0.2, 0) is 25.9 Å². The van der Waals surface area contributed by atoms with E-state index in [0.717, 1.165) is 24.2 Å². The number of benzene rings is 2. The third-order valence-electron chi connectivity index (χ3n) is 3.96. The third-order valence-corrected chi connectivity index (χ3v) is 3.96. The Morgan fingerprint density at radius 2 is 1.04 bits per heavy atom. The van der Waals surface area contributed by atoms with Crippen LogP contribution in [0.15, 0.2) is 88.8 Å². The Labute approximate surface area is 155 Å². The molecule has 0 amide bonds. The van der Waals surface area contributed by atoms with Gasteiger partial charge in [0.2, 0.25) is 0 Å². The second-order valence-electron chi connectivity index (χ2n) is 6.05. The van der Waals surface area contributed by atoms with Crippen molar-refractivity contribution in [2.24, 2.45) is 9.98 Å². The second kappa shape index (κ2) is 10.0. The van der Waals surface area contributed by atoms with Crippen LogP contribution < -0.4 is 0 Å². The van der Waals surface area contributed by atoms with Gasteiger partial charge in [0.1, 0.15) is 0 Å². The Morgan fingerprint density at radius 3 is 1.50 bits per heavy atom. The number of hydrogen-bond donors (Lipinski definition) is 0. The van der Waals surface area contributed by atoms with Crippen molar-refractivity contribution in [3.8, 4) is 0 Å². The lowest BCUT2D eigenvalue weighted by Crippen LogP contribution is -1.97. The van der Waals surface area contributed by atoms with Crippen molar-refractivity contribution in [1.29, 1.82) is 0 Å². The monoisotopic (exact) mass is 341 g/mol. The molecular formula is C23H23N3. The molecule has 2 aromatic carbocycles. The molecular weight excluding hydrogens is 318 g/mol. The molecule has 1 heterocycles. The van der Waals surface area contributed by atoms with Crippen LogP contribution >= 0.6 is 0 Å². The number of hydrogen-bond acceptors (Lipinski definition) is 3. The topological polar surface area (TPSA) is 37.6 Å². The van der Waals surface area contributed by atoms with Crippen molar-refractivity contribution >= 4 is 12.4 Å². The summed E-state index contributed by atoms with van der Waals surface area (Å²) < 4.78 is 0. The molecule has 130 valence electrons. The van der Waals surface area contributed by atoms with E-state index in [1.165, 1.54) is 11.1 Å². The van der Waals surface area contributed by atoms with Gasteiger partial charge in [-0.25, -0.2) is 0 Å². The van der Waals surface area contributed by atoms with Crippen LogP contribution in [0.25, 0.3) is 0 Å². The highest BCUT2D eigenvalue weighted by Crippen LogP contribution is 2.03. The summed E-state index contributed by atoms with van der Waals surface area (Å²) in [4.78, 5) is 13.6. The van der Waals surface area contributed by atoms with E-state index in [-0.39, 0.29) is 0 Å². The highest BCUT2D eigenvalue weighted by molar-refractivity contribution is 5.62. The Kier molecular flexibility index (Phi) is 6.85. The molecule has 0 fully saturated rings. The van der Waals surface area contributed by atoms with E-state index in [0.29, 0.717) is 13.1 Å². The van der Waals surface area contributed by atoms with E-state index in [1.54, 1.807) is 0 Å². The maximum atomic E-state index is 4.68. The van der Waals surface area contributed by atoms with Gasteiger partial charge in [-0.3, -0.25) is 15.0 Å². The van der Waals surface area contributed by atoms with Gasteiger partial charge in [-0.05, 0) is 23.3 Å². The summed E-state index contributed by atoms with van der Waals surface area (Å²) in [6, 6.07) is 26.7. The first kappa shape index (κ1) is 17.7. The first-order valence-electron chi connectivity index (χ1n) is 8.89. The lowest BCUT2D eigenvalue weighted by atomic mass is 10.2. The molecule has 3 rings (SSSR count). The van der Waals surface area contributed by atoms with E-state index in [1.807, 2.05) is 67.0 Å².